The number of hydrogen-bond acceptors (Lipinski definition) is 6. The fourth-order valence-electron chi connectivity index (χ4n) is 8.10. The zero-order valence-electron chi connectivity index (χ0n) is 43.3. The van der Waals surface area contributed by atoms with Gasteiger partial charge in [0.15, 0.2) is 6.10 Å². The molecule has 65 heavy (non-hydrogen) atoms. The summed E-state index contributed by atoms with van der Waals surface area (Å²) in [5.74, 6) is -0.917. The summed E-state index contributed by atoms with van der Waals surface area (Å²) in [6, 6.07) is 0. The highest BCUT2D eigenvalue weighted by molar-refractivity contribution is 5.71. The molecule has 1 unspecified atom stereocenters. The summed E-state index contributed by atoms with van der Waals surface area (Å²) in [5.41, 5.74) is 0. The molecule has 1 atom stereocenters. The normalized spacial score (nSPS) is 12.4. The van der Waals surface area contributed by atoms with Crippen molar-refractivity contribution in [2.45, 2.75) is 297 Å². The lowest BCUT2D eigenvalue weighted by atomic mass is 10.0. The van der Waals surface area contributed by atoms with Gasteiger partial charge in [0.1, 0.15) is 13.2 Å². The molecule has 0 aliphatic heterocycles. The quantitative estimate of drug-likeness (QED) is 0.0262. The van der Waals surface area contributed by atoms with E-state index in [0.29, 0.717) is 19.3 Å². The van der Waals surface area contributed by atoms with Gasteiger partial charge in [0.05, 0.1) is 0 Å². The number of rotatable bonds is 51. The van der Waals surface area contributed by atoms with E-state index in [4.69, 9.17) is 14.2 Å². The summed E-state index contributed by atoms with van der Waals surface area (Å²) in [4.78, 5) is 38.1. The predicted octanol–water partition coefficient (Wildman–Crippen LogP) is 18.7. The highest BCUT2D eigenvalue weighted by Crippen LogP contribution is 2.16. The van der Waals surface area contributed by atoms with Crippen LogP contribution in [0.4, 0.5) is 0 Å². The lowest BCUT2D eigenvalue weighted by Crippen LogP contribution is -2.30. The Morgan fingerprint density at radius 2 is 0.600 bits per heavy atom. The minimum atomic E-state index is -0.787. The zero-order valence-corrected chi connectivity index (χ0v) is 43.3. The molecule has 0 bridgehead atoms. The fourth-order valence-corrected chi connectivity index (χ4v) is 8.10. The molecule has 0 radical (unpaired) electrons. The van der Waals surface area contributed by atoms with Gasteiger partial charge in [0.2, 0.25) is 0 Å². The van der Waals surface area contributed by atoms with Gasteiger partial charge in [0, 0.05) is 19.3 Å². The molecule has 0 saturated heterocycles. The Morgan fingerprint density at radius 1 is 0.323 bits per heavy atom. The predicted molar refractivity (Wildman–Crippen MR) is 279 cm³/mol. The van der Waals surface area contributed by atoms with Gasteiger partial charge < -0.3 is 14.2 Å². The molecule has 0 aliphatic carbocycles. The fraction of sp³-hybridized carbons (Fsp3) is 0.814. The molecule has 0 amide bonds. The first kappa shape index (κ1) is 62.4. The van der Waals surface area contributed by atoms with Crippen LogP contribution in [0.1, 0.15) is 290 Å². The summed E-state index contributed by atoms with van der Waals surface area (Å²) in [6.07, 6.45) is 65.4. The van der Waals surface area contributed by atoms with Crippen LogP contribution in [0.25, 0.3) is 0 Å². The van der Waals surface area contributed by atoms with Crippen LogP contribution in [-0.4, -0.2) is 37.2 Å². The SMILES string of the molecule is CC/C=C\C/C=C\C/C=C\CCCCC(=O)OCC(COC(=O)CCCCCCCCC/C=C\CCCCCCCCCC)OC(=O)CCCCCCCCCCCCCCCCCC. The maximum absolute atomic E-state index is 12.8. The first-order valence-corrected chi connectivity index (χ1v) is 28.1. The molecular formula is C59H106O6. The number of unbranched alkanes of at least 4 members (excludes halogenated alkanes) is 32. The van der Waals surface area contributed by atoms with E-state index in [1.54, 1.807) is 0 Å². The van der Waals surface area contributed by atoms with Crippen molar-refractivity contribution in [1.82, 2.24) is 0 Å². The summed E-state index contributed by atoms with van der Waals surface area (Å²) in [6.45, 7) is 6.52. The van der Waals surface area contributed by atoms with Crippen molar-refractivity contribution in [1.29, 1.82) is 0 Å². The van der Waals surface area contributed by atoms with Gasteiger partial charge in [-0.2, -0.15) is 0 Å². The number of carbonyl (C=O) groups is 3. The number of esters is 3. The second-order valence-corrected chi connectivity index (χ2v) is 18.8. The molecule has 0 aliphatic rings. The third-order valence-corrected chi connectivity index (χ3v) is 12.3. The van der Waals surface area contributed by atoms with Crippen molar-refractivity contribution < 1.29 is 28.6 Å². The third-order valence-electron chi connectivity index (χ3n) is 12.3. The smallest absolute Gasteiger partial charge is 0.306 e. The van der Waals surface area contributed by atoms with Gasteiger partial charge in [-0.05, 0) is 77.0 Å². The first-order chi connectivity index (χ1) is 32.0. The molecular weight excluding hydrogens is 805 g/mol. The van der Waals surface area contributed by atoms with Crippen molar-refractivity contribution >= 4 is 17.9 Å². The van der Waals surface area contributed by atoms with Crippen molar-refractivity contribution in [2.75, 3.05) is 13.2 Å². The lowest BCUT2D eigenvalue weighted by Gasteiger charge is -2.18. The topological polar surface area (TPSA) is 78.9 Å². The van der Waals surface area contributed by atoms with Crippen LogP contribution >= 0.6 is 0 Å². The van der Waals surface area contributed by atoms with Crippen LogP contribution in [-0.2, 0) is 28.6 Å². The van der Waals surface area contributed by atoms with Crippen LogP contribution < -0.4 is 0 Å². The highest BCUT2D eigenvalue weighted by atomic mass is 16.6. The van der Waals surface area contributed by atoms with E-state index >= 15 is 0 Å². The Morgan fingerprint density at radius 3 is 0.985 bits per heavy atom. The Hall–Kier alpha value is -2.63. The minimum absolute atomic E-state index is 0.0848. The van der Waals surface area contributed by atoms with Gasteiger partial charge in [-0.25, -0.2) is 0 Å². The maximum atomic E-state index is 12.8. The molecule has 0 aromatic rings. The van der Waals surface area contributed by atoms with E-state index in [1.165, 1.54) is 173 Å². The van der Waals surface area contributed by atoms with Crippen molar-refractivity contribution in [3.05, 3.63) is 48.6 Å². The average Bonchev–Trinajstić information content (AvgIpc) is 3.30. The molecule has 0 N–H and O–H groups in total. The molecule has 0 fully saturated rings. The third kappa shape index (κ3) is 52.2. The average molecular weight is 911 g/mol. The second kappa shape index (κ2) is 54.0. The van der Waals surface area contributed by atoms with E-state index in [2.05, 4.69) is 69.4 Å². The molecule has 0 spiro atoms. The molecule has 0 aromatic carbocycles. The monoisotopic (exact) mass is 911 g/mol. The largest absolute Gasteiger partial charge is 0.462 e. The molecule has 0 rings (SSSR count). The lowest BCUT2D eigenvalue weighted by molar-refractivity contribution is -0.167. The maximum Gasteiger partial charge on any atom is 0.306 e. The summed E-state index contributed by atoms with van der Waals surface area (Å²) < 4.78 is 16.8. The Labute approximate surface area is 403 Å². The van der Waals surface area contributed by atoms with Gasteiger partial charge in [-0.3, -0.25) is 14.4 Å². The molecule has 0 aromatic heterocycles. The van der Waals surface area contributed by atoms with Crippen molar-refractivity contribution in [2.24, 2.45) is 0 Å². The van der Waals surface area contributed by atoms with Crippen LogP contribution in [0.2, 0.25) is 0 Å². The molecule has 378 valence electrons. The van der Waals surface area contributed by atoms with E-state index in [-0.39, 0.29) is 31.1 Å². The molecule has 0 saturated carbocycles. The van der Waals surface area contributed by atoms with Crippen LogP contribution in [0, 0.1) is 0 Å². The Balaban J connectivity index is 4.35. The van der Waals surface area contributed by atoms with E-state index in [0.717, 1.165) is 77.0 Å². The first-order valence-electron chi connectivity index (χ1n) is 28.1. The van der Waals surface area contributed by atoms with E-state index in [9.17, 15) is 14.4 Å². The number of carbonyl (C=O) groups excluding carboxylic acids is 3. The van der Waals surface area contributed by atoms with Crippen LogP contribution in [0.3, 0.4) is 0 Å². The molecule has 6 nitrogen and oxygen atoms in total. The van der Waals surface area contributed by atoms with Gasteiger partial charge in [-0.15, -0.1) is 0 Å². The van der Waals surface area contributed by atoms with Gasteiger partial charge >= 0.3 is 17.9 Å². The highest BCUT2D eigenvalue weighted by Gasteiger charge is 2.19. The number of hydrogen-bond donors (Lipinski definition) is 0. The Bertz CT molecular complexity index is 1140. The van der Waals surface area contributed by atoms with Crippen molar-refractivity contribution in [3.63, 3.8) is 0 Å². The van der Waals surface area contributed by atoms with Crippen LogP contribution in [0.5, 0.6) is 0 Å². The minimum Gasteiger partial charge on any atom is -0.462 e. The second-order valence-electron chi connectivity index (χ2n) is 18.8. The Kier molecular flexibility index (Phi) is 51.8. The molecule has 6 heteroatoms. The zero-order chi connectivity index (χ0) is 47.2. The number of allylic oxidation sites excluding steroid dienone is 8. The summed E-state index contributed by atoms with van der Waals surface area (Å²) in [5, 5.41) is 0. The summed E-state index contributed by atoms with van der Waals surface area (Å²) >= 11 is 0. The van der Waals surface area contributed by atoms with E-state index in [1.807, 2.05) is 0 Å². The standard InChI is InChI=1S/C59H106O6/c1-4-7-10-13-16-19-22-25-27-29-30-31-33-34-37-40-43-46-49-52-58(61)64-55-56(54-63-57(60)51-48-45-42-39-36-24-21-18-15-12-9-6-3)65-59(62)53-50-47-44-41-38-35-32-28-26-23-20-17-14-11-8-5-2/h9,12,18,21,29-30,36,39,56H,4-8,10-11,13-17,19-20,22-28,31-35,37-38,40-55H2,1-3H3/b12-9-,21-18-,30-29-,39-36-. The van der Waals surface area contributed by atoms with Crippen LogP contribution in [0.15, 0.2) is 48.6 Å². The number of ether oxygens (including phenoxy) is 3. The van der Waals surface area contributed by atoms with Gasteiger partial charge in [0.25, 0.3) is 0 Å². The molecule has 0 heterocycles. The van der Waals surface area contributed by atoms with E-state index < -0.39 is 6.10 Å². The summed E-state index contributed by atoms with van der Waals surface area (Å²) in [7, 11) is 0. The van der Waals surface area contributed by atoms with Gasteiger partial charge in [-0.1, -0.05) is 243 Å². The van der Waals surface area contributed by atoms with Crippen molar-refractivity contribution in [3.8, 4) is 0 Å².